The van der Waals surface area contributed by atoms with Crippen LogP contribution in [-0.2, 0) is 6.42 Å². The molecule has 3 heterocycles. The molecule has 1 aromatic heterocycles. The molecule has 0 amide bonds. The lowest BCUT2D eigenvalue weighted by Crippen LogP contribution is -2.37. The van der Waals surface area contributed by atoms with Crippen LogP contribution in [0.1, 0.15) is 62.4 Å². The van der Waals surface area contributed by atoms with Gasteiger partial charge < -0.3 is 20.1 Å². The standard InChI is InChI=1S/C30H40N4/c1-4-17-31-21-23-14-18-33(19-15-23)25-12-10-24(11-13-25)30-29-27(16-20-34(30)22(3)5-2)26-8-6-7-9-28(26)32-29/h6-13,23,30-32H,3-5,14-21H2,1-2H3/t30-/m1/s1. The molecule has 5 rings (SSSR count). The molecule has 180 valence electrons. The lowest BCUT2D eigenvalue weighted by atomic mass is 9.91. The third kappa shape index (κ3) is 4.48. The Morgan fingerprint density at radius 2 is 1.79 bits per heavy atom. The van der Waals surface area contributed by atoms with Crippen molar-refractivity contribution >= 4 is 16.6 Å². The summed E-state index contributed by atoms with van der Waals surface area (Å²) in [5, 5.41) is 4.98. The van der Waals surface area contributed by atoms with Crippen molar-refractivity contribution < 1.29 is 0 Å². The number of rotatable bonds is 8. The van der Waals surface area contributed by atoms with E-state index >= 15 is 0 Å². The van der Waals surface area contributed by atoms with Gasteiger partial charge in [-0.25, -0.2) is 0 Å². The number of nitrogens with zero attached hydrogens (tertiary/aromatic N) is 2. The van der Waals surface area contributed by atoms with E-state index in [0.29, 0.717) is 0 Å². The van der Waals surface area contributed by atoms with Crippen LogP contribution in [0.2, 0.25) is 0 Å². The molecule has 0 unspecified atom stereocenters. The normalized spacial score (nSPS) is 18.9. The molecule has 1 atom stereocenters. The Kier molecular flexibility index (Phi) is 6.96. The maximum Gasteiger partial charge on any atom is 0.0944 e. The molecule has 1 fully saturated rings. The number of nitrogens with one attached hydrogen (secondary N) is 2. The summed E-state index contributed by atoms with van der Waals surface area (Å²) in [6.45, 7) is 14.5. The second-order valence-corrected chi connectivity index (χ2v) is 10.1. The summed E-state index contributed by atoms with van der Waals surface area (Å²) in [6, 6.07) is 18.3. The van der Waals surface area contributed by atoms with Gasteiger partial charge in [0.2, 0.25) is 0 Å². The highest BCUT2D eigenvalue weighted by Crippen LogP contribution is 2.40. The van der Waals surface area contributed by atoms with Crippen LogP contribution in [0.3, 0.4) is 0 Å². The van der Waals surface area contributed by atoms with E-state index in [1.54, 1.807) is 0 Å². The van der Waals surface area contributed by atoms with Crippen LogP contribution in [-0.4, -0.2) is 42.6 Å². The first-order chi connectivity index (χ1) is 16.7. The number of piperidine rings is 1. The van der Waals surface area contributed by atoms with Crippen LogP contribution in [0, 0.1) is 5.92 Å². The van der Waals surface area contributed by atoms with Gasteiger partial charge in [0, 0.05) is 47.6 Å². The maximum absolute atomic E-state index is 4.42. The van der Waals surface area contributed by atoms with Crippen molar-refractivity contribution in [2.24, 2.45) is 5.92 Å². The van der Waals surface area contributed by atoms with Gasteiger partial charge in [0.15, 0.2) is 0 Å². The molecule has 0 saturated carbocycles. The monoisotopic (exact) mass is 456 g/mol. The number of fused-ring (bicyclic) bond motifs is 3. The highest BCUT2D eigenvalue weighted by Gasteiger charge is 2.32. The van der Waals surface area contributed by atoms with Crippen LogP contribution in [0.15, 0.2) is 60.8 Å². The van der Waals surface area contributed by atoms with Crippen molar-refractivity contribution in [1.82, 2.24) is 15.2 Å². The number of para-hydroxylation sites is 1. The van der Waals surface area contributed by atoms with Crippen LogP contribution >= 0.6 is 0 Å². The van der Waals surface area contributed by atoms with Crippen LogP contribution in [0.25, 0.3) is 10.9 Å². The Bertz CT molecular complexity index is 1100. The highest BCUT2D eigenvalue weighted by atomic mass is 15.2. The van der Waals surface area contributed by atoms with E-state index in [4.69, 9.17) is 0 Å². The van der Waals surface area contributed by atoms with Gasteiger partial charge in [-0.1, -0.05) is 50.8 Å². The minimum Gasteiger partial charge on any atom is -0.372 e. The lowest BCUT2D eigenvalue weighted by Gasteiger charge is -2.39. The Morgan fingerprint density at radius 3 is 2.53 bits per heavy atom. The Morgan fingerprint density at radius 1 is 1.03 bits per heavy atom. The maximum atomic E-state index is 4.42. The topological polar surface area (TPSA) is 34.3 Å². The number of hydrogen-bond acceptors (Lipinski definition) is 3. The van der Waals surface area contributed by atoms with Gasteiger partial charge in [-0.2, -0.15) is 0 Å². The molecule has 4 nitrogen and oxygen atoms in total. The van der Waals surface area contributed by atoms with Crippen molar-refractivity contribution in [3.63, 3.8) is 0 Å². The molecule has 0 radical (unpaired) electrons. The number of H-pyrrole nitrogens is 1. The Labute approximate surface area is 205 Å². The smallest absolute Gasteiger partial charge is 0.0944 e. The molecule has 34 heavy (non-hydrogen) atoms. The van der Waals surface area contributed by atoms with Gasteiger partial charge in [-0.3, -0.25) is 0 Å². The zero-order valence-electron chi connectivity index (χ0n) is 20.9. The molecule has 0 spiro atoms. The molecule has 0 aliphatic carbocycles. The summed E-state index contributed by atoms with van der Waals surface area (Å²) < 4.78 is 0. The molecule has 3 aromatic rings. The Balaban J connectivity index is 1.37. The summed E-state index contributed by atoms with van der Waals surface area (Å²) in [6.07, 6.45) is 5.82. The second kappa shape index (κ2) is 10.3. The third-order valence-electron chi connectivity index (χ3n) is 7.90. The first-order valence-electron chi connectivity index (χ1n) is 13.3. The number of anilines is 1. The number of hydrogen-bond donors (Lipinski definition) is 2. The summed E-state index contributed by atoms with van der Waals surface area (Å²) in [5.74, 6) is 0.818. The van der Waals surface area contributed by atoms with E-state index in [0.717, 1.165) is 44.9 Å². The molecule has 1 saturated heterocycles. The SMILES string of the molecule is C=C(CC)N1CCc2c([nH]c3ccccc23)[C@H]1c1ccc(N2CCC(CNCCC)CC2)cc1. The van der Waals surface area contributed by atoms with Gasteiger partial charge in [0.25, 0.3) is 0 Å². The molecule has 0 bridgehead atoms. The number of aromatic nitrogens is 1. The molecule has 4 heteroatoms. The fourth-order valence-electron chi connectivity index (χ4n) is 5.88. The predicted octanol–water partition coefficient (Wildman–Crippen LogP) is 6.26. The summed E-state index contributed by atoms with van der Waals surface area (Å²) in [5.41, 5.74) is 7.99. The summed E-state index contributed by atoms with van der Waals surface area (Å²) >= 11 is 0. The molecule has 2 N–H and O–H groups in total. The van der Waals surface area contributed by atoms with E-state index in [2.05, 4.69) is 89.1 Å². The van der Waals surface area contributed by atoms with E-state index in [1.807, 2.05) is 0 Å². The van der Waals surface area contributed by atoms with Crippen LogP contribution < -0.4 is 10.2 Å². The fraction of sp³-hybridized carbons (Fsp3) is 0.467. The lowest BCUT2D eigenvalue weighted by molar-refractivity contribution is 0.265. The number of allylic oxidation sites excluding steroid dienone is 1. The first kappa shape index (κ1) is 23.0. The predicted molar refractivity (Wildman–Crippen MR) is 145 cm³/mol. The van der Waals surface area contributed by atoms with Crippen LogP contribution in [0.4, 0.5) is 5.69 Å². The first-order valence-corrected chi connectivity index (χ1v) is 13.3. The van der Waals surface area contributed by atoms with Gasteiger partial charge in [-0.05, 0) is 80.4 Å². The molecule has 2 aliphatic rings. The summed E-state index contributed by atoms with van der Waals surface area (Å²) in [7, 11) is 0. The van der Waals surface area contributed by atoms with E-state index < -0.39 is 0 Å². The van der Waals surface area contributed by atoms with Gasteiger partial charge >= 0.3 is 0 Å². The van der Waals surface area contributed by atoms with Crippen molar-refractivity contribution in [2.75, 3.05) is 37.6 Å². The molecular formula is C30H40N4. The minimum atomic E-state index is 0.202. The van der Waals surface area contributed by atoms with Gasteiger partial charge in [-0.15, -0.1) is 0 Å². The third-order valence-corrected chi connectivity index (χ3v) is 7.90. The van der Waals surface area contributed by atoms with Crippen molar-refractivity contribution in [2.45, 2.75) is 52.0 Å². The zero-order chi connectivity index (χ0) is 23.5. The second-order valence-electron chi connectivity index (χ2n) is 10.1. The van der Waals surface area contributed by atoms with E-state index in [1.165, 1.54) is 64.9 Å². The Hall–Kier alpha value is -2.72. The van der Waals surface area contributed by atoms with Crippen molar-refractivity contribution in [1.29, 1.82) is 0 Å². The number of benzene rings is 2. The van der Waals surface area contributed by atoms with Gasteiger partial charge in [0.1, 0.15) is 0 Å². The van der Waals surface area contributed by atoms with Crippen molar-refractivity contribution in [3.05, 3.63) is 77.6 Å². The van der Waals surface area contributed by atoms with Crippen LogP contribution in [0.5, 0.6) is 0 Å². The van der Waals surface area contributed by atoms with E-state index in [9.17, 15) is 0 Å². The highest BCUT2D eigenvalue weighted by molar-refractivity contribution is 5.85. The zero-order valence-corrected chi connectivity index (χ0v) is 20.9. The minimum absolute atomic E-state index is 0.202. The quantitative estimate of drug-likeness (QED) is 0.393. The molecule has 2 aromatic carbocycles. The fourth-order valence-corrected chi connectivity index (χ4v) is 5.88. The number of aromatic amines is 1. The average Bonchev–Trinajstić information content (AvgIpc) is 3.27. The molecule has 2 aliphatic heterocycles. The average molecular weight is 457 g/mol. The molecular weight excluding hydrogens is 416 g/mol. The van der Waals surface area contributed by atoms with Gasteiger partial charge in [0.05, 0.1) is 6.04 Å². The van der Waals surface area contributed by atoms with Crippen molar-refractivity contribution in [3.8, 4) is 0 Å². The van der Waals surface area contributed by atoms with E-state index in [-0.39, 0.29) is 6.04 Å². The largest absolute Gasteiger partial charge is 0.372 e. The summed E-state index contributed by atoms with van der Waals surface area (Å²) in [4.78, 5) is 8.86.